The highest BCUT2D eigenvalue weighted by atomic mass is 32.1. The van der Waals surface area contributed by atoms with E-state index in [1.54, 1.807) is 0 Å². The molecule has 1 aromatic carbocycles. The van der Waals surface area contributed by atoms with Gasteiger partial charge in [-0.2, -0.15) is 17.0 Å². The van der Waals surface area contributed by atoms with E-state index in [-0.39, 0.29) is 11.7 Å². The summed E-state index contributed by atoms with van der Waals surface area (Å²) in [7, 11) is 0. The van der Waals surface area contributed by atoms with Gasteiger partial charge < -0.3 is 4.74 Å². The quantitative estimate of drug-likeness (QED) is 0.493. The van der Waals surface area contributed by atoms with E-state index in [1.165, 1.54) is 6.07 Å². The van der Waals surface area contributed by atoms with Crippen molar-refractivity contribution in [2.45, 2.75) is 6.92 Å². The zero-order valence-corrected chi connectivity index (χ0v) is 9.62. The number of hydrogen-bond acceptors (Lipinski definition) is 4. The van der Waals surface area contributed by atoms with Crippen molar-refractivity contribution in [3.8, 4) is 5.75 Å². The van der Waals surface area contributed by atoms with Crippen molar-refractivity contribution in [3.63, 3.8) is 0 Å². The van der Waals surface area contributed by atoms with Crippen molar-refractivity contribution < 1.29 is 14.1 Å². The highest BCUT2D eigenvalue weighted by Crippen LogP contribution is 2.22. The largest absolute Gasteiger partial charge is 0.493 e. The molecule has 1 unspecified atom stereocenters. The molecule has 0 aliphatic rings. The van der Waals surface area contributed by atoms with Gasteiger partial charge in [-0.25, -0.2) is 0 Å². The number of nitro groups is 1. The molecule has 16 heavy (non-hydrogen) atoms. The monoisotopic (exact) mass is 245 g/mol. The van der Waals surface area contributed by atoms with Crippen LogP contribution in [-0.4, -0.2) is 17.3 Å². The molecule has 6 heteroatoms. The molecule has 0 spiro atoms. The Bertz CT molecular complexity index is 386. The fourth-order valence-electron chi connectivity index (χ4n) is 1.02. The summed E-state index contributed by atoms with van der Waals surface area (Å²) in [4.78, 5) is 9.59. The standard InChI is InChI=1S/C10H12FNO3S/c1-7(6-16)5-15-8-2-3-10(12(13)14)9(11)4-8/h2-4,7,16H,5-6H2,1H3. The lowest BCUT2D eigenvalue weighted by Crippen LogP contribution is -2.09. The van der Waals surface area contributed by atoms with Crippen molar-refractivity contribution in [3.05, 3.63) is 34.1 Å². The van der Waals surface area contributed by atoms with Gasteiger partial charge in [0.05, 0.1) is 11.5 Å². The van der Waals surface area contributed by atoms with Crippen LogP contribution in [0.1, 0.15) is 6.92 Å². The van der Waals surface area contributed by atoms with E-state index in [9.17, 15) is 14.5 Å². The zero-order chi connectivity index (χ0) is 12.1. The average Bonchev–Trinajstić information content (AvgIpc) is 2.25. The Kier molecular flexibility index (Phi) is 4.54. The molecule has 4 nitrogen and oxygen atoms in total. The van der Waals surface area contributed by atoms with Crippen molar-refractivity contribution in [1.82, 2.24) is 0 Å². The lowest BCUT2D eigenvalue weighted by molar-refractivity contribution is -0.387. The lowest BCUT2D eigenvalue weighted by atomic mass is 10.2. The Labute approximate surface area is 98.0 Å². The number of halogens is 1. The van der Waals surface area contributed by atoms with Crippen LogP contribution >= 0.6 is 12.6 Å². The van der Waals surface area contributed by atoms with E-state index in [4.69, 9.17) is 4.74 Å². The van der Waals surface area contributed by atoms with E-state index < -0.39 is 16.4 Å². The minimum Gasteiger partial charge on any atom is -0.493 e. The molecule has 0 aromatic heterocycles. The minimum atomic E-state index is -0.888. The first-order valence-electron chi connectivity index (χ1n) is 4.72. The summed E-state index contributed by atoms with van der Waals surface area (Å²) < 4.78 is 18.4. The first-order valence-corrected chi connectivity index (χ1v) is 5.35. The molecule has 1 atom stereocenters. The molecule has 1 rings (SSSR count). The van der Waals surface area contributed by atoms with Gasteiger partial charge >= 0.3 is 5.69 Å². The summed E-state index contributed by atoms with van der Waals surface area (Å²) >= 11 is 4.08. The first-order chi connectivity index (χ1) is 7.54. The Hall–Kier alpha value is -1.30. The summed E-state index contributed by atoms with van der Waals surface area (Å²) in [5, 5.41) is 10.4. The third-order valence-corrected chi connectivity index (χ3v) is 2.59. The molecule has 0 saturated heterocycles. The van der Waals surface area contributed by atoms with Gasteiger partial charge in [-0.1, -0.05) is 6.92 Å². The van der Waals surface area contributed by atoms with Gasteiger partial charge in [-0.05, 0) is 17.7 Å². The van der Waals surface area contributed by atoms with Gasteiger partial charge in [0.1, 0.15) is 5.75 Å². The van der Waals surface area contributed by atoms with Crippen LogP contribution in [0.5, 0.6) is 5.75 Å². The van der Waals surface area contributed by atoms with Crippen LogP contribution in [0.2, 0.25) is 0 Å². The van der Waals surface area contributed by atoms with Crippen LogP contribution in [0.4, 0.5) is 10.1 Å². The van der Waals surface area contributed by atoms with Gasteiger partial charge in [0.25, 0.3) is 0 Å². The molecule has 0 aliphatic heterocycles. The maximum atomic E-state index is 13.2. The lowest BCUT2D eigenvalue weighted by Gasteiger charge is -2.10. The minimum absolute atomic E-state index is 0.238. The molecule has 0 saturated carbocycles. The number of ether oxygens (including phenoxy) is 1. The molecule has 88 valence electrons. The normalized spacial score (nSPS) is 12.2. The van der Waals surface area contributed by atoms with Crippen molar-refractivity contribution in [2.75, 3.05) is 12.4 Å². The van der Waals surface area contributed by atoms with Gasteiger partial charge in [0, 0.05) is 12.1 Å². The fourth-order valence-corrected chi connectivity index (χ4v) is 1.12. The average molecular weight is 245 g/mol. The van der Waals surface area contributed by atoms with Crippen molar-refractivity contribution in [1.29, 1.82) is 0 Å². The summed E-state index contributed by atoms with van der Waals surface area (Å²) in [6.45, 7) is 2.34. The number of thiol groups is 1. The van der Waals surface area contributed by atoms with Crippen LogP contribution in [0.25, 0.3) is 0 Å². The third kappa shape index (κ3) is 3.37. The number of nitro benzene ring substituents is 1. The van der Waals surface area contributed by atoms with Gasteiger partial charge in [-0.3, -0.25) is 10.1 Å². The van der Waals surface area contributed by atoms with Crippen LogP contribution in [-0.2, 0) is 0 Å². The van der Waals surface area contributed by atoms with Gasteiger partial charge in [-0.15, -0.1) is 0 Å². The predicted molar refractivity (Wildman–Crippen MR) is 61.6 cm³/mol. The Balaban J connectivity index is 2.70. The molecule has 0 N–H and O–H groups in total. The molecule has 0 heterocycles. The molecule has 0 fully saturated rings. The first kappa shape index (κ1) is 12.8. The van der Waals surface area contributed by atoms with Crippen LogP contribution in [0.3, 0.4) is 0 Å². The van der Waals surface area contributed by atoms with Gasteiger partial charge in [0.15, 0.2) is 0 Å². The second kappa shape index (κ2) is 5.69. The van der Waals surface area contributed by atoms with E-state index in [0.717, 1.165) is 12.1 Å². The van der Waals surface area contributed by atoms with E-state index in [0.29, 0.717) is 12.4 Å². The van der Waals surface area contributed by atoms with Gasteiger partial charge in [0.2, 0.25) is 5.82 Å². The molecule has 0 amide bonds. The zero-order valence-electron chi connectivity index (χ0n) is 8.72. The maximum Gasteiger partial charge on any atom is 0.305 e. The third-order valence-electron chi connectivity index (χ3n) is 1.96. The Morgan fingerprint density at radius 1 is 1.62 bits per heavy atom. The predicted octanol–water partition coefficient (Wildman–Crippen LogP) is 2.68. The summed E-state index contributed by atoms with van der Waals surface area (Å²) in [6, 6.07) is 3.49. The van der Waals surface area contributed by atoms with E-state index in [2.05, 4.69) is 12.6 Å². The van der Waals surface area contributed by atoms with E-state index >= 15 is 0 Å². The SMILES string of the molecule is CC(CS)COc1ccc([N+](=O)[O-])c(F)c1. The molecule has 0 radical (unpaired) electrons. The topological polar surface area (TPSA) is 52.4 Å². The van der Waals surface area contributed by atoms with E-state index in [1.807, 2.05) is 6.92 Å². The smallest absolute Gasteiger partial charge is 0.305 e. The second-order valence-corrected chi connectivity index (χ2v) is 3.83. The van der Waals surface area contributed by atoms with Crippen molar-refractivity contribution in [2.24, 2.45) is 5.92 Å². The van der Waals surface area contributed by atoms with Crippen LogP contribution in [0, 0.1) is 21.8 Å². The number of benzene rings is 1. The highest BCUT2D eigenvalue weighted by molar-refractivity contribution is 7.80. The summed E-state index contributed by atoms with van der Waals surface area (Å²) in [6.07, 6.45) is 0. The summed E-state index contributed by atoms with van der Waals surface area (Å²) in [5.41, 5.74) is -0.547. The van der Waals surface area contributed by atoms with Crippen LogP contribution < -0.4 is 4.74 Å². The number of hydrogen-bond donors (Lipinski definition) is 1. The molecule has 0 bridgehead atoms. The highest BCUT2D eigenvalue weighted by Gasteiger charge is 2.14. The fraction of sp³-hybridized carbons (Fsp3) is 0.400. The molecular weight excluding hydrogens is 233 g/mol. The maximum absolute atomic E-state index is 13.2. The second-order valence-electron chi connectivity index (χ2n) is 3.47. The molecular formula is C10H12FNO3S. The Morgan fingerprint density at radius 2 is 2.31 bits per heavy atom. The summed E-state index contributed by atoms with van der Waals surface area (Å²) in [5.74, 6) is 0.300. The van der Waals surface area contributed by atoms with Crippen molar-refractivity contribution >= 4 is 18.3 Å². The molecule has 0 aliphatic carbocycles. The molecule has 1 aromatic rings. The Morgan fingerprint density at radius 3 is 2.81 bits per heavy atom. The van der Waals surface area contributed by atoms with Crippen LogP contribution in [0.15, 0.2) is 18.2 Å². The number of nitrogens with zero attached hydrogens (tertiary/aromatic N) is 1. The number of rotatable bonds is 5.